The number of hydrogen-bond donors (Lipinski definition) is 1. The van der Waals surface area contributed by atoms with Crippen LogP contribution in [0, 0.1) is 21.4 Å². The lowest BCUT2D eigenvalue weighted by Gasteiger charge is -2.20. The number of nitro groups is 1. The first kappa shape index (κ1) is 13.1. The van der Waals surface area contributed by atoms with Gasteiger partial charge < -0.3 is 5.32 Å². The Hall–Kier alpha value is -1.36. The molecule has 1 saturated carbocycles. The predicted molar refractivity (Wildman–Crippen MR) is 70.9 cm³/mol. The number of hydrogen-bond acceptors (Lipinski definition) is 4. The molecule has 0 aliphatic heterocycles. The van der Waals surface area contributed by atoms with E-state index in [2.05, 4.69) is 24.1 Å². The first-order valence-corrected chi connectivity index (χ1v) is 6.36. The van der Waals surface area contributed by atoms with Crippen molar-refractivity contribution in [2.75, 3.05) is 11.9 Å². The molecule has 2 rings (SSSR count). The molecule has 1 aromatic rings. The summed E-state index contributed by atoms with van der Waals surface area (Å²) in [5.41, 5.74) is 0.253. The van der Waals surface area contributed by atoms with Gasteiger partial charge in [0.25, 0.3) is 5.69 Å². The van der Waals surface area contributed by atoms with E-state index in [0.717, 1.165) is 6.54 Å². The zero-order valence-electron chi connectivity index (χ0n) is 10.4. The zero-order chi connectivity index (χ0) is 13.3. The van der Waals surface area contributed by atoms with Gasteiger partial charge in [-0.25, -0.2) is 4.98 Å². The van der Waals surface area contributed by atoms with Gasteiger partial charge in [0.15, 0.2) is 0 Å². The molecule has 5 nitrogen and oxygen atoms in total. The Morgan fingerprint density at radius 2 is 2.28 bits per heavy atom. The summed E-state index contributed by atoms with van der Waals surface area (Å²) >= 11 is 5.97. The molecule has 0 atom stereocenters. The van der Waals surface area contributed by atoms with Crippen molar-refractivity contribution in [1.82, 2.24) is 4.98 Å². The van der Waals surface area contributed by atoms with E-state index in [4.69, 9.17) is 11.6 Å². The van der Waals surface area contributed by atoms with Crippen LogP contribution >= 0.6 is 11.6 Å². The fraction of sp³-hybridized carbons (Fsp3) is 0.583. The van der Waals surface area contributed by atoms with Crippen molar-refractivity contribution in [2.45, 2.75) is 26.7 Å². The van der Waals surface area contributed by atoms with Gasteiger partial charge in [-0.15, -0.1) is 0 Å². The third-order valence-electron chi connectivity index (χ3n) is 3.76. The van der Waals surface area contributed by atoms with Crippen LogP contribution in [0.5, 0.6) is 0 Å². The van der Waals surface area contributed by atoms with Crippen LogP contribution in [0.15, 0.2) is 12.3 Å². The van der Waals surface area contributed by atoms with Crippen molar-refractivity contribution in [3.63, 3.8) is 0 Å². The molecule has 1 N–H and O–H groups in total. The summed E-state index contributed by atoms with van der Waals surface area (Å²) in [6.07, 6.45) is 3.65. The maximum Gasteiger partial charge on any atom is 0.289 e. The highest BCUT2D eigenvalue weighted by molar-refractivity contribution is 6.33. The molecular weight excluding hydrogens is 254 g/mol. The molecule has 98 valence electrons. The van der Waals surface area contributed by atoms with E-state index in [1.165, 1.54) is 25.1 Å². The second kappa shape index (κ2) is 4.72. The van der Waals surface area contributed by atoms with Crippen molar-refractivity contribution in [3.8, 4) is 0 Å². The number of halogens is 1. The molecule has 0 aromatic carbocycles. The Morgan fingerprint density at radius 1 is 1.61 bits per heavy atom. The van der Waals surface area contributed by atoms with Crippen molar-refractivity contribution in [2.24, 2.45) is 11.3 Å². The number of rotatable bonds is 5. The van der Waals surface area contributed by atoms with E-state index in [0.29, 0.717) is 22.2 Å². The molecule has 1 fully saturated rings. The van der Waals surface area contributed by atoms with Crippen LogP contribution < -0.4 is 5.32 Å². The molecule has 0 amide bonds. The first-order valence-electron chi connectivity index (χ1n) is 5.98. The molecule has 1 aliphatic carbocycles. The van der Waals surface area contributed by atoms with Gasteiger partial charge >= 0.3 is 0 Å². The van der Waals surface area contributed by atoms with Gasteiger partial charge in [-0.3, -0.25) is 10.1 Å². The van der Waals surface area contributed by atoms with Crippen LogP contribution in [0.2, 0.25) is 5.02 Å². The van der Waals surface area contributed by atoms with Gasteiger partial charge in [-0.1, -0.05) is 25.4 Å². The summed E-state index contributed by atoms with van der Waals surface area (Å²) < 4.78 is 0. The Balaban J connectivity index is 2.04. The normalized spacial score (nSPS) is 16.7. The SMILES string of the molecule is CC(C)C1(CNc2ncc([N+](=O)[O-])cc2Cl)CC1. The molecule has 6 heteroatoms. The Morgan fingerprint density at radius 3 is 2.72 bits per heavy atom. The largest absolute Gasteiger partial charge is 0.368 e. The van der Waals surface area contributed by atoms with Gasteiger partial charge in [0, 0.05) is 12.6 Å². The molecule has 0 saturated heterocycles. The topological polar surface area (TPSA) is 68.1 Å². The molecule has 1 aromatic heterocycles. The average molecular weight is 270 g/mol. The third kappa shape index (κ3) is 2.56. The minimum absolute atomic E-state index is 0.0875. The smallest absolute Gasteiger partial charge is 0.289 e. The summed E-state index contributed by atoms with van der Waals surface area (Å²) in [5.74, 6) is 1.14. The quantitative estimate of drug-likeness (QED) is 0.656. The highest BCUT2D eigenvalue weighted by Crippen LogP contribution is 2.51. The first-order chi connectivity index (χ1) is 8.44. The van der Waals surface area contributed by atoms with E-state index in [9.17, 15) is 10.1 Å². The third-order valence-corrected chi connectivity index (χ3v) is 4.05. The fourth-order valence-corrected chi connectivity index (χ4v) is 2.26. The Kier molecular flexibility index (Phi) is 3.43. The summed E-state index contributed by atoms with van der Waals surface area (Å²) in [5, 5.41) is 14.1. The lowest BCUT2D eigenvalue weighted by atomic mass is 9.92. The van der Waals surface area contributed by atoms with Gasteiger partial charge in [-0.05, 0) is 24.2 Å². The van der Waals surface area contributed by atoms with E-state index >= 15 is 0 Å². The van der Waals surface area contributed by atoms with Crippen molar-refractivity contribution in [1.29, 1.82) is 0 Å². The molecule has 0 bridgehead atoms. The maximum absolute atomic E-state index is 10.6. The Bertz CT molecular complexity index is 472. The van der Waals surface area contributed by atoms with E-state index in [-0.39, 0.29) is 5.69 Å². The van der Waals surface area contributed by atoms with Gasteiger partial charge in [0.05, 0.1) is 9.95 Å². The van der Waals surface area contributed by atoms with E-state index in [1.807, 2.05) is 0 Å². The second-order valence-corrected chi connectivity index (χ2v) is 5.56. The number of pyridine rings is 1. The van der Waals surface area contributed by atoms with E-state index < -0.39 is 4.92 Å². The minimum Gasteiger partial charge on any atom is -0.368 e. The number of anilines is 1. The highest BCUT2D eigenvalue weighted by atomic mass is 35.5. The molecular formula is C12H16ClN3O2. The fourth-order valence-electron chi connectivity index (χ4n) is 2.04. The molecule has 0 spiro atoms. The van der Waals surface area contributed by atoms with Crippen molar-refractivity contribution in [3.05, 3.63) is 27.4 Å². The molecule has 18 heavy (non-hydrogen) atoms. The second-order valence-electron chi connectivity index (χ2n) is 5.15. The molecule has 1 aliphatic rings. The molecule has 0 radical (unpaired) electrons. The molecule has 0 unspecified atom stereocenters. The van der Waals surface area contributed by atoms with Crippen LogP contribution in [0.4, 0.5) is 11.5 Å². The van der Waals surface area contributed by atoms with Gasteiger partial charge in [0.1, 0.15) is 12.0 Å². The van der Waals surface area contributed by atoms with Crippen LogP contribution in [0.1, 0.15) is 26.7 Å². The summed E-state index contributed by atoms with van der Waals surface area (Å²) in [6, 6.07) is 1.33. The van der Waals surface area contributed by atoms with Crippen LogP contribution in [0.25, 0.3) is 0 Å². The standard InChI is InChI=1S/C12H16ClN3O2/c1-8(2)12(3-4-12)7-15-11-10(13)5-9(6-14-11)16(17)18/h5-6,8H,3-4,7H2,1-2H3,(H,14,15). The van der Waals surface area contributed by atoms with Crippen LogP contribution in [-0.2, 0) is 0 Å². The lowest BCUT2D eigenvalue weighted by molar-refractivity contribution is -0.385. The van der Waals surface area contributed by atoms with Crippen LogP contribution in [0.3, 0.4) is 0 Å². The Labute approximate surface area is 111 Å². The molecule has 1 heterocycles. The van der Waals surface area contributed by atoms with Crippen LogP contribution in [-0.4, -0.2) is 16.5 Å². The number of aromatic nitrogens is 1. The summed E-state index contributed by atoms with van der Waals surface area (Å²) in [7, 11) is 0. The monoisotopic (exact) mass is 269 g/mol. The lowest BCUT2D eigenvalue weighted by Crippen LogP contribution is -2.21. The average Bonchev–Trinajstić information content (AvgIpc) is 3.08. The summed E-state index contributed by atoms with van der Waals surface area (Å²) in [6.45, 7) is 5.23. The zero-order valence-corrected chi connectivity index (χ0v) is 11.2. The number of nitrogens with one attached hydrogen (secondary N) is 1. The van der Waals surface area contributed by atoms with Crippen molar-refractivity contribution < 1.29 is 4.92 Å². The highest BCUT2D eigenvalue weighted by Gasteiger charge is 2.45. The summed E-state index contributed by atoms with van der Waals surface area (Å²) in [4.78, 5) is 14.1. The minimum atomic E-state index is -0.501. The van der Waals surface area contributed by atoms with Gasteiger partial charge in [-0.2, -0.15) is 0 Å². The van der Waals surface area contributed by atoms with Crippen molar-refractivity contribution >= 4 is 23.1 Å². The van der Waals surface area contributed by atoms with E-state index in [1.54, 1.807) is 0 Å². The number of nitrogens with zero attached hydrogens (tertiary/aromatic N) is 2. The van der Waals surface area contributed by atoms with Gasteiger partial charge in [0.2, 0.25) is 0 Å². The maximum atomic E-state index is 10.6. The predicted octanol–water partition coefficient (Wildman–Crippen LogP) is 3.49.